The molecule has 3 atom stereocenters. The monoisotopic (exact) mass is 390 g/mol. The second-order valence-corrected chi connectivity index (χ2v) is 7.92. The molecule has 2 heteroatoms. The Morgan fingerprint density at radius 1 is 1.00 bits per heavy atom. The third kappa shape index (κ3) is 6.33. The van der Waals surface area contributed by atoms with Gasteiger partial charge in [-0.05, 0) is 49.3 Å². The van der Waals surface area contributed by atoms with E-state index >= 15 is 0 Å². The Kier molecular flexibility index (Phi) is 8.58. The lowest BCUT2D eigenvalue weighted by Crippen LogP contribution is -2.12. The van der Waals surface area contributed by atoms with Crippen LogP contribution in [0.5, 0.6) is 0 Å². The normalized spacial score (nSPS) is 20.2. The largest absolute Gasteiger partial charge is 0.491 e. The quantitative estimate of drug-likeness (QED) is 0.262. The second-order valence-electron chi connectivity index (χ2n) is 7.92. The number of allylic oxidation sites excluding steroid dienone is 3. The maximum atomic E-state index is 11.0. The smallest absolute Gasteiger partial charge is 0.153 e. The number of hydrogen-bond acceptors (Lipinski definition) is 2. The molecule has 0 aliphatic heterocycles. The molecule has 2 nitrogen and oxygen atoms in total. The lowest BCUT2D eigenvalue weighted by atomic mass is 9.98. The molecule has 154 valence electrons. The van der Waals surface area contributed by atoms with Gasteiger partial charge in [0.15, 0.2) is 6.10 Å². The van der Waals surface area contributed by atoms with Crippen LogP contribution >= 0.6 is 0 Å². The van der Waals surface area contributed by atoms with Crippen LogP contribution in [0.15, 0.2) is 84.7 Å². The average Bonchev–Trinajstić information content (AvgIpc) is 3.22. The van der Waals surface area contributed by atoms with E-state index in [9.17, 15) is 5.11 Å². The van der Waals surface area contributed by atoms with E-state index in [0.717, 1.165) is 11.1 Å². The third-order valence-electron chi connectivity index (χ3n) is 5.76. The number of rotatable bonds is 10. The zero-order chi connectivity index (χ0) is 20.3. The van der Waals surface area contributed by atoms with Crippen LogP contribution in [0.1, 0.15) is 75.2 Å². The van der Waals surface area contributed by atoms with E-state index < -0.39 is 12.2 Å². The molecule has 1 N–H and O–H groups in total. The van der Waals surface area contributed by atoms with Gasteiger partial charge in [-0.2, -0.15) is 0 Å². The highest BCUT2D eigenvalue weighted by Gasteiger charge is 2.24. The molecule has 1 aliphatic rings. The Bertz CT molecular complexity index is 764. The van der Waals surface area contributed by atoms with Gasteiger partial charge in [-0.1, -0.05) is 92.1 Å². The number of ether oxygens (including phenoxy) is 1. The molecule has 0 heterocycles. The Balaban J connectivity index is 1.68. The van der Waals surface area contributed by atoms with Crippen molar-refractivity contribution in [3.8, 4) is 0 Å². The molecule has 0 amide bonds. The van der Waals surface area contributed by atoms with Crippen LogP contribution in [0.25, 0.3) is 0 Å². The maximum Gasteiger partial charge on any atom is 0.153 e. The van der Waals surface area contributed by atoms with Gasteiger partial charge in [-0.3, -0.25) is 0 Å². The van der Waals surface area contributed by atoms with Crippen LogP contribution in [0.3, 0.4) is 0 Å². The van der Waals surface area contributed by atoms with E-state index in [-0.39, 0.29) is 0 Å². The molecule has 0 saturated heterocycles. The molecule has 3 rings (SSSR count). The summed E-state index contributed by atoms with van der Waals surface area (Å²) in [6.07, 6.45) is 14.0. The summed E-state index contributed by atoms with van der Waals surface area (Å²) in [6, 6.07) is 19.7. The van der Waals surface area contributed by atoms with Crippen LogP contribution in [-0.2, 0) is 4.74 Å². The van der Waals surface area contributed by atoms with Gasteiger partial charge in [0.05, 0.1) is 6.26 Å². The van der Waals surface area contributed by atoms with Crippen molar-refractivity contribution in [2.75, 3.05) is 0 Å². The first-order valence-corrected chi connectivity index (χ1v) is 11.1. The molecule has 2 aromatic rings. The van der Waals surface area contributed by atoms with Crippen molar-refractivity contribution in [1.29, 1.82) is 0 Å². The van der Waals surface area contributed by atoms with E-state index in [1.54, 1.807) is 5.57 Å². The summed E-state index contributed by atoms with van der Waals surface area (Å²) in [6.45, 7) is 2.25. The average molecular weight is 391 g/mol. The summed E-state index contributed by atoms with van der Waals surface area (Å²) >= 11 is 0. The molecule has 2 aromatic carbocycles. The summed E-state index contributed by atoms with van der Waals surface area (Å²) in [5, 5.41) is 11.0. The van der Waals surface area contributed by atoms with Crippen molar-refractivity contribution in [3.63, 3.8) is 0 Å². The number of aliphatic hydroxyl groups is 1. The number of unbranched alkanes of at least 4 members (excludes halogenated alkanes) is 3. The highest BCUT2D eigenvalue weighted by Crippen LogP contribution is 2.35. The third-order valence-corrected chi connectivity index (χ3v) is 5.76. The molecule has 0 aromatic heterocycles. The van der Waals surface area contributed by atoms with Gasteiger partial charge < -0.3 is 9.84 Å². The van der Waals surface area contributed by atoms with Crippen LogP contribution in [0.4, 0.5) is 0 Å². The predicted molar refractivity (Wildman–Crippen MR) is 120 cm³/mol. The van der Waals surface area contributed by atoms with Crippen molar-refractivity contribution in [1.82, 2.24) is 0 Å². The van der Waals surface area contributed by atoms with Crippen LogP contribution in [-0.4, -0.2) is 5.11 Å². The van der Waals surface area contributed by atoms with Crippen molar-refractivity contribution in [3.05, 3.63) is 95.8 Å². The summed E-state index contributed by atoms with van der Waals surface area (Å²) in [5.74, 6) is 0.474. The molecule has 1 unspecified atom stereocenters. The molecular formula is C27H34O2. The fourth-order valence-electron chi connectivity index (χ4n) is 4.08. The predicted octanol–water partition coefficient (Wildman–Crippen LogP) is 7.30. The minimum atomic E-state index is -0.712. The fraction of sp³-hybridized carbons (Fsp3) is 0.407. The number of aliphatic hydroxyl groups excluding tert-OH is 1. The molecular weight excluding hydrogens is 356 g/mol. The van der Waals surface area contributed by atoms with E-state index in [4.69, 9.17) is 4.74 Å². The lowest BCUT2D eigenvalue weighted by Gasteiger charge is -2.23. The van der Waals surface area contributed by atoms with Gasteiger partial charge >= 0.3 is 0 Å². The maximum absolute atomic E-state index is 11.0. The number of hydrogen-bond donors (Lipinski definition) is 1. The molecule has 0 bridgehead atoms. The Morgan fingerprint density at radius 3 is 2.38 bits per heavy atom. The van der Waals surface area contributed by atoms with Crippen molar-refractivity contribution in [2.45, 2.75) is 64.1 Å². The first-order valence-electron chi connectivity index (χ1n) is 11.1. The standard InChI is InChI=1S/C27H34O2/c1-2-3-4-7-13-22-18-12-19-23(22)20-21-29-27(25-16-10-6-11-17-25)26(28)24-14-8-5-9-15-24/h5-6,8-11,13-17,20-21,23,26-28H,2-4,7,12,18-19H2,1H3/b21-20+,22-13+/t23?,26-,27-/m1/s1. The van der Waals surface area contributed by atoms with E-state index in [0.29, 0.717) is 5.92 Å². The topological polar surface area (TPSA) is 29.5 Å². The van der Waals surface area contributed by atoms with Crippen molar-refractivity contribution in [2.24, 2.45) is 5.92 Å². The van der Waals surface area contributed by atoms with E-state index in [1.807, 2.05) is 66.9 Å². The Labute approximate surface area is 175 Å². The molecule has 29 heavy (non-hydrogen) atoms. The van der Waals surface area contributed by atoms with Crippen LogP contribution in [0, 0.1) is 5.92 Å². The first kappa shape index (κ1) is 21.4. The summed E-state index contributed by atoms with van der Waals surface area (Å²) in [7, 11) is 0. The van der Waals surface area contributed by atoms with Crippen molar-refractivity contribution >= 4 is 0 Å². The molecule has 0 spiro atoms. The summed E-state index contributed by atoms with van der Waals surface area (Å²) in [5.41, 5.74) is 3.41. The lowest BCUT2D eigenvalue weighted by molar-refractivity contribution is 0.00575. The molecule has 1 saturated carbocycles. The van der Waals surface area contributed by atoms with Gasteiger partial charge in [0, 0.05) is 5.92 Å². The van der Waals surface area contributed by atoms with Gasteiger partial charge in [0.1, 0.15) is 6.10 Å². The van der Waals surface area contributed by atoms with Gasteiger partial charge in [0.25, 0.3) is 0 Å². The zero-order valence-corrected chi connectivity index (χ0v) is 17.5. The van der Waals surface area contributed by atoms with Gasteiger partial charge in [-0.25, -0.2) is 0 Å². The van der Waals surface area contributed by atoms with Crippen molar-refractivity contribution < 1.29 is 9.84 Å². The molecule has 1 aliphatic carbocycles. The van der Waals surface area contributed by atoms with Crippen LogP contribution in [0.2, 0.25) is 0 Å². The molecule has 1 fully saturated rings. The second kappa shape index (κ2) is 11.6. The molecule has 0 radical (unpaired) electrons. The highest BCUT2D eigenvalue weighted by atomic mass is 16.5. The zero-order valence-electron chi connectivity index (χ0n) is 17.5. The van der Waals surface area contributed by atoms with E-state index in [2.05, 4.69) is 19.1 Å². The van der Waals surface area contributed by atoms with Gasteiger partial charge in [-0.15, -0.1) is 0 Å². The van der Waals surface area contributed by atoms with Gasteiger partial charge in [0.2, 0.25) is 0 Å². The fourth-order valence-corrected chi connectivity index (χ4v) is 4.08. The Hall–Kier alpha value is -2.32. The first-order chi connectivity index (χ1) is 14.3. The SMILES string of the molecule is CCCCC/C=C1\CCCC1/C=C/O[C@H](c1ccccc1)[C@H](O)c1ccccc1. The minimum Gasteiger partial charge on any atom is -0.491 e. The van der Waals surface area contributed by atoms with Crippen LogP contribution < -0.4 is 0 Å². The highest BCUT2D eigenvalue weighted by molar-refractivity contribution is 5.25. The summed E-state index contributed by atoms with van der Waals surface area (Å²) in [4.78, 5) is 0. The Morgan fingerprint density at radius 2 is 1.69 bits per heavy atom. The summed E-state index contributed by atoms with van der Waals surface area (Å²) < 4.78 is 6.14. The van der Waals surface area contributed by atoms with E-state index in [1.165, 1.54) is 44.9 Å². The number of benzene rings is 2. The minimum absolute atomic E-state index is 0.423.